The predicted molar refractivity (Wildman–Crippen MR) is 57.8 cm³/mol. The minimum Gasteiger partial charge on any atom is -0.497 e. The molecule has 0 spiro atoms. The van der Waals surface area contributed by atoms with Crippen molar-refractivity contribution in [2.75, 3.05) is 20.9 Å². The van der Waals surface area contributed by atoms with Crippen LogP contribution in [0.25, 0.3) is 0 Å². The van der Waals surface area contributed by atoms with Crippen molar-refractivity contribution in [2.24, 2.45) is 5.10 Å². The molecule has 0 atom stereocenters. The van der Waals surface area contributed by atoms with Gasteiger partial charge in [-0.3, -0.25) is 5.01 Å². The maximum absolute atomic E-state index is 5.37. The van der Waals surface area contributed by atoms with E-state index in [0.29, 0.717) is 6.73 Å². The van der Waals surface area contributed by atoms with Crippen molar-refractivity contribution >= 4 is 5.90 Å². The zero-order chi connectivity index (χ0) is 10.7. The molecule has 4 nitrogen and oxygen atoms in total. The molecule has 15 heavy (non-hydrogen) atoms. The van der Waals surface area contributed by atoms with Crippen LogP contribution in [0.15, 0.2) is 29.4 Å². The molecule has 1 aliphatic heterocycles. The summed E-state index contributed by atoms with van der Waals surface area (Å²) in [4.78, 5) is 0. The second-order valence-corrected chi connectivity index (χ2v) is 3.45. The van der Waals surface area contributed by atoms with Gasteiger partial charge in [0.1, 0.15) is 5.75 Å². The van der Waals surface area contributed by atoms with Crippen LogP contribution in [0.2, 0.25) is 0 Å². The van der Waals surface area contributed by atoms with Crippen molar-refractivity contribution in [1.82, 2.24) is 5.01 Å². The normalized spacial score (nSPS) is 14.8. The number of benzene rings is 1. The molecule has 1 heterocycles. The van der Waals surface area contributed by atoms with Crippen LogP contribution in [0.4, 0.5) is 0 Å². The zero-order valence-corrected chi connectivity index (χ0v) is 8.93. The van der Waals surface area contributed by atoms with Gasteiger partial charge >= 0.3 is 0 Å². The van der Waals surface area contributed by atoms with E-state index in [1.807, 2.05) is 31.3 Å². The van der Waals surface area contributed by atoms with E-state index in [-0.39, 0.29) is 0 Å². The third kappa shape index (κ3) is 2.40. The number of hydrogen-bond acceptors (Lipinski definition) is 4. The van der Waals surface area contributed by atoms with E-state index in [1.165, 1.54) is 5.56 Å². The number of rotatable bonds is 3. The molecule has 0 N–H and O–H groups in total. The summed E-state index contributed by atoms with van der Waals surface area (Å²) in [5, 5.41) is 6.00. The van der Waals surface area contributed by atoms with Crippen LogP contribution in [-0.2, 0) is 11.2 Å². The molecule has 0 aromatic heterocycles. The molecule has 1 aromatic carbocycles. The van der Waals surface area contributed by atoms with Gasteiger partial charge in [0.05, 0.1) is 13.5 Å². The lowest BCUT2D eigenvalue weighted by atomic mass is 10.1. The van der Waals surface area contributed by atoms with Crippen molar-refractivity contribution in [2.45, 2.75) is 6.42 Å². The van der Waals surface area contributed by atoms with Gasteiger partial charge in [-0.15, -0.1) is 5.10 Å². The summed E-state index contributed by atoms with van der Waals surface area (Å²) in [6.45, 7) is 0.547. The highest BCUT2D eigenvalue weighted by Gasteiger charge is 2.11. The van der Waals surface area contributed by atoms with Gasteiger partial charge in [0, 0.05) is 7.05 Å². The lowest BCUT2D eigenvalue weighted by molar-refractivity contribution is 0.196. The van der Waals surface area contributed by atoms with Crippen LogP contribution in [0.5, 0.6) is 5.75 Å². The fraction of sp³-hybridized carbons (Fsp3) is 0.364. The average Bonchev–Trinajstić information content (AvgIpc) is 2.65. The number of ether oxygens (including phenoxy) is 2. The molecule has 80 valence electrons. The van der Waals surface area contributed by atoms with Crippen molar-refractivity contribution in [3.05, 3.63) is 29.8 Å². The lowest BCUT2D eigenvalue weighted by Crippen LogP contribution is -2.06. The zero-order valence-electron chi connectivity index (χ0n) is 8.93. The largest absolute Gasteiger partial charge is 0.497 e. The Kier molecular flexibility index (Phi) is 2.76. The molecule has 0 unspecified atom stereocenters. The van der Waals surface area contributed by atoms with Crippen LogP contribution in [0, 0.1) is 0 Å². The van der Waals surface area contributed by atoms with E-state index in [9.17, 15) is 0 Å². The predicted octanol–water partition coefficient (Wildman–Crippen LogP) is 1.47. The first-order chi connectivity index (χ1) is 7.28. The van der Waals surface area contributed by atoms with Gasteiger partial charge in [0.15, 0.2) is 6.73 Å². The van der Waals surface area contributed by atoms with Gasteiger partial charge in [-0.05, 0) is 17.7 Å². The first kappa shape index (κ1) is 9.83. The number of nitrogens with zero attached hydrogens (tertiary/aromatic N) is 2. The smallest absolute Gasteiger partial charge is 0.212 e. The SMILES string of the molecule is COc1ccc(CC2=NN(C)CO2)cc1. The van der Waals surface area contributed by atoms with Gasteiger partial charge in [-0.1, -0.05) is 12.1 Å². The molecular formula is C11H14N2O2. The summed E-state index contributed by atoms with van der Waals surface area (Å²) in [5.74, 6) is 1.63. The van der Waals surface area contributed by atoms with Gasteiger partial charge < -0.3 is 9.47 Å². The Bertz CT molecular complexity index is 359. The Balaban J connectivity index is 2.02. The fourth-order valence-electron chi connectivity index (χ4n) is 1.42. The highest BCUT2D eigenvalue weighted by atomic mass is 16.5. The van der Waals surface area contributed by atoms with Crippen molar-refractivity contribution in [1.29, 1.82) is 0 Å². The Morgan fingerprint density at radius 3 is 2.67 bits per heavy atom. The third-order valence-electron chi connectivity index (χ3n) is 2.21. The second-order valence-electron chi connectivity index (χ2n) is 3.45. The van der Waals surface area contributed by atoms with Crippen LogP contribution in [-0.4, -0.2) is 31.8 Å². The van der Waals surface area contributed by atoms with E-state index in [1.54, 1.807) is 12.1 Å². The van der Waals surface area contributed by atoms with Gasteiger partial charge in [-0.2, -0.15) is 0 Å². The molecular weight excluding hydrogens is 192 g/mol. The first-order valence-corrected chi connectivity index (χ1v) is 4.82. The first-order valence-electron chi connectivity index (χ1n) is 4.82. The van der Waals surface area contributed by atoms with Crippen molar-refractivity contribution < 1.29 is 9.47 Å². The summed E-state index contributed by atoms with van der Waals surface area (Å²) >= 11 is 0. The number of methoxy groups -OCH3 is 1. The number of hydrazone groups is 1. The summed E-state index contributed by atoms with van der Waals surface area (Å²) < 4.78 is 10.5. The van der Waals surface area contributed by atoms with Crippen LogP contribution in [0.1, 0.15) is 5.56 Å². The summed E-state index contributed by atoms with van der Waals surface area (Å²) in [7, 11) is 3.55. The summed E-state index contributed by atoms with van der Waals surface area (Å²) in [5.41, 5.74) is 1.17. The maximum Gasteiger partial charge on any atom is 0.212 e. The summed E-state index contributed by atoms with van der Waals surface area (Å²) in [6, 6.07) is 7.91. The molecule has 4 heteroatoms. The van der Waals surface area contributed by atoms with Crippen molar-refractivity contribution in [3.63, 3.8) is 0 Å². The second kappa shape index (κ2) is 4.21. The molecule has 0 radical (unpaired) electrons. The topological polar surface area (TPSA) is 34.1 Å². The van der Waals surface area contributed by atoms with Gasteiger partial charge in [0.2, 0.25) is 5.90 Å². The summed E-state index contributed by atoms with van der Waals surface area (Å²) in [6.07, 6.45) is 0.730. The van der Waals surface area contributed by atoms with E-state index in [4.69, 9.17) is 9.47 Å². The lowest BCUT2D eigenvalue weighted by Gasteiger charge is -2.02. The molecule has 0 aliphatic carbocycles. The van der Waals surface area contributed by atoms with E-state index >= 15 is 0 Å². The molecule has 0 saturated heterocycles. The fourth-order valence-corrected chi connectivity index (χ4v) is 1.42. The number of hydrogen-bond donors (Lipinski definition) is 0. The minimum atomic E-state index is 0.547. The molecule has 1 aromatic rings. The van der Waals surface area contributed by atoms with Gasteiger partial charge in [0.25, 0.3) is 0 Å². The molecule has 0 saturated carbocycles. The third-order valence-corrected chi connectivity index (χ3v) is 2.21. The standard InChI is InChI=1S/C11H14N2O2/c1-13-8-15-11(12-13)7-9-3-5-10(14-2)6-4-9/h3-6H,7-8H2,1-2H3. The quantitative estimate of drug-likeness (QED) is 0.751. The average molecular weight is 206 g/mol. The van der Waals surface area contributed by atoms with Crippen LogP contribution >= 0.6 is 0 Å². The molecule has 0 amide bonds. The van der Waals surface area contributed by atoms with Crippen LogP contribution < -0.4 is 4.74 Å². The Morgan fingerprint density at radius 1 is 1.40 bits per heavy atom. The molecule has 0 fully saturated rings. The van der Waals surface area contributed by atoms with E-state index in [0.717, 1.165) is 18.1 Å². The highest BCUT2D eigenvalue weighted by molar-refractivity contribution is 5.79. The highest BCUT2D eigenvalue weighted by Crippen LogP contribution is 2.13. The van der Waals surface area contributed by atoms with E-state index < -0.39 is 0 Å². The van der Waals surface area contributed by atoms with Crippen LogP contribution in [0.3, 0.4) is 0 Å². The Morgan fingerprint density at radius 2 is 2.13 bits per heavy atom. The molecule has 0 bridgehead atoms. The van der Waals surface area contributed by atoms with E-state index in [2.05, 4.69) is 5.10 Å². The Labute approximate surface area is 89.1 Å². The molecule has 2 rings (SSSR count). The molecule has 1 aliphatic rings. The van der Waals surface area contributed by atoms with Crippen molar-refractivity contribution in [3.8, 4) is 5.75 Å². The Hall–Kier alpha value is -1.71. The minimum absolute atomic E-state index is 0.547. The monoisotopic (exact) mass is 206 g/mol. The maximum atomic E-state index is 5.37. The van der Waals surface area contributed by atoms with Gasteiger partial charge in [-0.25, -0.2) is 0 Å².